The first-order valence-electron chi connectivity index (χ1n) is 7.04. The summed E-state index contributed by atoms with van der Waals surface area (Å²) in [7, 11) is 4.80. The fourth-order valence-electron chi connectivity index (χ4n) is 2.66. The summed E-state index contributed by atoms with van der Waals surface area (Å²) in [6, 6.07) is 13.5. The van der Waals surface area contributed by atoms with Crippen LogP contribution in [0.4, 0.5) is 0 Å². The predicted molar refractivity (Wildman–Crippen MR) is 88.1 cm³/mol. The van der Waals surface area contributed by atoms with Crippen molar-refractivity contribution in [2.75, 3.05) is 21.3 Å². The lowest BCUT2D eigenvalue weighted by Gasteiger charge is -2.08. The van der Waals surface area contributed by atoms with E-state index in [1.54, 1.807) is 21.3 Å². The number of benzene rings is 2. The zero-order valence-corrected chi connectivity index (χ0v) is 13.1. The molecule has 23 heavy (non-hydrogen) atoms. The van der Waals surface area contributed by atoms with Gasteiger partial charge in [-0.15, -0.1) is 0 Å². The Morgan fingerprint density at radius 2 is 1.57 bits per heavy atom. The summed E-state index contributed by atoms with van der Waals surface area (Å²) in [6.07, 6.45) is 0. The molecule has 2 aromatic carbocycles. The second-order valence-electron chi connectivity index (χ2n) is 4.97. The second-order valence-corrected chi connectivity index (χ2v) is 4.97. The van der Waals surface area contributed by atoms with E-state index in [2.05, 4.69) is 11.1 Å². The highest BCUT2D eigenvalue weighted by atomic mass is 16.5. The van der Waals surface area contributed by atoms with Gasteiger partial charge >= 0.3 is 0 Å². The van der Waals surface area contributed by atoms with Gasteiger partial charge in [-0.2, -0.15) is 5.26 Å². The molecule has 0 saturated carbocycles. The van der Waals surface area contributed by atoms with Crippen molar-refractivity contribution in [3.05, 3.63) is 42.1 Å². The van der Waals surface area contributed by atoms with E-state index >= 15 is 0 Å². The molecule has 1 N–H and O–H groups in total. The fraction of sp³-hybridized carbons (Fsp3) is 0.167. The Kier molecular flexibility index (Phi) is 3.82. The number of H-pyrrole nitrogens is 1. The Morgan fingerprint density at radius 3 is 2.13 bits per heavy atom. The van der Waals surface area contributed by atoms with Gasteiger partial charge in [-0.05, 0) is 23.8 Å². The van der Waals surface area contributed by atoms with Gasteiger partial charge in [0.1, 0.15) is 17.5 Å². The van der Waals surface area contributed by atoms with Gasteiger partial charge in [0.15, 0.2) is 11.5 Å². The third-order valence-corrected chi connectivity index (χ3v) is 3.79. The molecule has 0 fully saturated rings. The van der Waals surface area contributed by atoms with Crippen molar-refractivity contribution in [2.24, 2.45) is 0 Å². The molecule has 0 radical (unpaired) electrons. The summed E-state index contributed by atoms with van der Waals surface area (Å²) in [5.74, 6) is 2.01. The Balaban J connectivity index is 2.27. The summed E-state index contributed by atoms with van der Waals surface area (Å²) >= 11 is 0. The van der Waals surface area contributed by atoms with Gasteiger partial charge in [0.25, 0.3) is 0 Å². The highest BCUT2D eigenvalue weighted by molar-refractivity contribution is 6.00. The number of hydrogen-bond donors (Lipinski definition) is 1. The van der Waals surface area contributed by atoms with Crippen molar-refractivity contribution in [1.29, 1.82) is 5.26 Å². The summed E-state index contributed by atoms with van der Waals surface area (Å²) in [4.78, 5) is 3.14. The molecule has 1 heterocycles. The maximum absolute atomic E-state index is 9.47. The van der Waals surface area contributed by atoms with Gasteiger partial charge in [-0.3, -0.25) is 0 Å². The molecule has 0 aliphatic rings. The minimum Gasteiger partial charge on any atom is -0.497 e. The normalized spacial score (nSPS) is 10.3. The lowest BCUT2D eigenvalue weighted by Crippen LogP contribution is -1.90. The average Bonchev–Trinajstić information content (AvgIpc) is 2.97. The van der Waals surface area contributed by atoms with Crippen LogP contribution in [0.5, 0.6) is 17.2 Å². The molecule has 0 aliphatic heterocycles. The minimum atomic E-state index is 0.500. The zero-order valence-electron chi connectivity index (χ0n) is 13.1. The lowest BCUT2D eigenvalue weighted by atomic mass is 10.0. The Labute approximate surface area is 134 Å². The van der Waals surface area contributed by atoms with Gasteiger partial charge in [0.2, 0.25) is 0 Å². The highest BCUT2D eigenvalue weighted by Gasteiger charge is 2.16. The topological polar surface area (TPSA) is 67.3 Å². The number of fused-ring (bicyclic) bond motifs is 1. The molecule has 0 spiro atoms. The van der Waals surface area contributed by atoms with Crippen molar-refractivity contribution < 1.29 is 14.2 Å². The molecule has 3 aromatic rings. The van der Waals surface area contributed by atoms with Crippen LogP contribution in [0.1, 0.15) is 5.69 Å². The third kappa shape index (κ3) is 2.44. The van der Waals surface area contributed by atoms with Crippen LogP contribution < -0.4 is 14.2 Å². The standard InChI is InChI=1S/C18H16N2O3/c1-21-12-6-4-11(5-7-12)18-13-8-16(22-2)17(23-3)9-14(13)20-15(18)10-19/h4-9,20H,1-3H3. The van der Waals surface area contributed by atoms with E-state index in [4.69, 9.17) is 14.2 Å². The van der Waals surface area contributed by atoms with E-state index in [-0.39, 0.29) is 0 Å². The van der Waals surface area contributed by atoms with Gasteiger partial charge < -0.3 is 19.2 Å². The Bertz CT molecular complexity index is 889. The maximum atomic E-state index is 9.47. The number of aromatic nitrogens is 1. The predicted octanol–water partition coefficient (Wildman–Crippen LogP) is 3.73. The number of nitrogens with one attached hydrogen (secondary N) is 1. The molecule has 0 bridgehead atoms. The van der Waals surface area contributed by atoms with E-state index in [0.29, 0.717) is 17.2 Å². The molecule has 0 saturated heterocycles. The lowest BCUT2D eigenvalue weighted by molar-refractivity contribution is 0.356. The molecule has 5 nitrogen and oxygen atoms in total. The smallest absolute Gasteiger partial charge is 0.162 e. The monoisotopic (exact) mass is 308 g/mol. The van der Waals surface area contributed by atoms with Crippen LogP contribution in [0.15, 0.2) is 36.4 Å². The molecular weight excluding hydrogens is 292 g/mol. The molecule has 1 aromatic heterocycles. The van der Waals surface area contributed by atoms with Crippen LogP contribution in [0.2, 0.25) is 0 Å². The van der Waals surface area contributed by atoms with E-state index in [1.807, 2.05) is 36.4 Å². The molecular formula is C18H16N2O3. The second kappa shape index (κ2) is 5.93. The number of hydrogen-bond acceptors (Lipinski definition) is 4. The number of methoxy groups -OCH3 is 3. The van der Waals surface area contributed by atoms with E-state index < -0.39 is 0 Å². The first kappa shape index (κ1) is 14.8. The molecule has 5 heteroatoms. The summed E-state index contributed by atoms with van der Waals surface area (Å²) < 4.78 is 15.9. The largest absolute Gasteiger partial charge is 0.497 e. The maximum Gasteiger partial charge on any atom is 0.162 e. The number of ether oxygens (including phenoxy) is 3. The van der Waals surface area contributed by atoms with Crippen LogP contribution in [-0.2, 0) is 0 Å². The quantitative estimate of drug-likeness (QED) is 0.797. The molecule has 0 aliphatic carbocycles. The first-order valence-corrected chi connectivity index (χ1v) is 7.04. The SMILES string of the molecule is COc1ccc(-c2c(C#N)[nH]c3cc(OC)c(OC)cc23)cc1. The van der Waals surface area contributed by atoms with Crippen molar-refractivity contribution in [1.82, 2.24) is 4.98 Å². The number of aromatic amines is 1. The average molecular weight is 308 g/mol. The molecule has 116 valence electrons. The molecule has 0 amide bonds. The van der Waals surface area contributed by atoms with Crippen LogP contribution >= 0.6 is 0 Å². The van der Waals surface area contributed by atoms with Gasteiger partial charge in [0.05, 0.1) is 26.8 Å². The van der Waals surface area contributed by atoms with Crippen LogP contribution in [0.3, 0.4) is 0 Å². The third-order valence-electron chi connectivity index (χ3n) is 3.79. The minimum absolute atomic E-state index is 0.500. The number of nitriles is 1. The summed E-state index contributed by atoms with van der Waals surface area (Å²) in [6.45, 7) is 0. The van der Waals surface area contributed by atoms with Crippen molar-refractivity contribution in [3.63, 3.8) is 0 Å². The zero-order chi connectivity index (χ0) is 16.4. The van der Waals surface area contributed by atoms with Gasteiger partial charge in [0, 0.05) is 17.0 Å². The van der Waals surface area contributed by atoms with Crippen LogP contribution in [-0.4, -0.2) is 26.3 Å². The molecule has 3 rings (SSSR count). The van der Waals surface area contributed by atoms with Crippen molar-refractivity contribution in [3.8, 4) is 34.4 Å². The molecule has 0 atom stereocenters. The van der Waals surface area contributed by atoms with E-state index in [0.717, 1.165) is 27.8 Å². The van der Waals surface area contributed by atoms with Crippen LogP contribution in [0, 0.1) is 11.3 Å². The fourth-order valence-corrected chi connectivity index (χ4v) is 2.66. The van der Waals surface area contributed by atoms with Crippen molar-refractivity contribution >= 4 is 10.9 Å². The first-order chi connectivity index (χ1) is 11.2. The van der Waals surface area contributed by atoms with E-state index in [9.17, 15) is 5.26 Å². The summed E-state index contributed by atoms with van der Waals surface area (Å²) in [5.41, 5.74) is 3.09. The Hall–Kier alpha value is -3.13. The number of rotatable bonds is 4. The van der Waals surface area contributed by atoms with Gasteiger partial charge in [-0.25, -0.2) is 0 Å². The van der Waals surface area contributed by atoms with Crippen LogP contribution in [0.25, 0.3) is 22.0 Å². The van der Waals surface area contributed by atoms with Crippen molar-refractivity contribution in [2.45, 2.75) is 0 Å². The summed E-state index contributed by atoms with van der Waals surface area (Å²) in [5, 5.41) is 10.4. The Morgan fingerprint density at radius 1 is 0.913 bits per heavy atom. The van der Waals surface area contributed by atoms with Gasteiger partial charge in [-0.1, -0.05) is 12.1 Å². The highest BCUT2D eigenvalue weighted by Crippen LogP contribution is 2.39. The number of nitrogens with zero attached hydrogens (tertiary/aromatic N) is 1. The van der Waals surface area contributed by atoms with E-state index in [1.165, 1.54) is 0 Å². The molecule has 0 unspecified atom stereocenters.